The van der Waals surface area contributed by atoms with Gasteiger partial charge in [-0.2, -0.15) is 0 Å². The third-order valence-corrected chi connectivity index (χ3v) is 5.00. The molecule has 0 aromatic heterocycles. The molecule has 3 heteroatoms. The summed E-state index contributed by atoms with van der Waals surface area (Å²) in [5.41, 5.74) is 0.499. The normalized spacial score (nSPS) is 20.4. The van der Waals surface area contributed by atoms with E-state index in [-0.39, 0.29) is 0 Å². The molecular formula is C18H39N3. The van der Waals surface area contributed by atoms with Gasteiger partial charge in [-0.3, -0.25) is 4.90 Å². The smallest absolute Gasteiger partial charge is 0.0194 e. The van der Waals surface area contributed by atoms with Crippen molar-refractivity contribution in [3.05, 3.63) is 0 Å². The molecule has 21 heavy (non-hydrogen) atoms. The van der Waals surface area contributed by atoms with Crippen LogP contribution in [0.2, 0.25) is 0 Å². The van der Waals surface area contributed by atoms with Crippen LogP contribution in [0.4, 0.5) is 0 Å². The summed E-state index contributed by atoms with van der Waals surface area (Å²) in [6.45, 7) is 14.0. The van der Waals surface area contributed by atoms with E-state index >= 15 is 0 Å². The van der Waals surface area contributed by atoms with Gasteiger partial charge >= 0.3 is 0 Å². The van der Waals surface area contributed by atoms with Crippen molar-refractivity contribution < 1.29 is 0 Å². The minimum Gasteiger partial charge on any atom is -0.314 e. The van der Waals surface area contributed by atoms with Crippen LogP contribution in [0.25, 0.3) is 0 Å². The molecule has 126 valence electrons. The first kappa shape index (κ1) is 18.9. The molecule has 0 amide bonds. The minimum absolute atomic E-state index is 0.499. The van der Waals surface area contributed by atoms with E-state index in [1.54, 1.807) is 0 Å². The third-order valence-electron chi connectivity index (χ3n) is 5.00. The maximum absolute atomic E-state index is 3.73. The number of nitrogens with zero attached hydrogens (tertiary/aromatic N) is 2. The van der Waals surface area contributed by atoms with Crippen LogP contribution < -0.4 is 5.32 Å². The zero-order valence-electron chi connectivity index (χ0n) is 15.4. The van der Waals surface area contributed by atoms with E-state index in [1.807, 2.05) is 0 Å². The standard InChI is InChI=1S/C18H39N3/c1-7-21(17(4)13-20(5)6)15-18(14-19-16(2)3)11-9-8-10-12-18/h16-17,19H,7-15H2,1-6H3. The van der Waals surface area contributed by atoms with Crippen molar-refractivity contribution in [3.63, 3.8) is 0 Å². The van der Waals surface area contributed by atoms with Crippen molar-refractivity contribution >= 4 is 0 Å². The van der Waals surface area contributed by atoms with Crippen LogP contribution in [0, 0.1) is 5.41 Å². The number of nitrogens with one attached hydrogen (secondary N) is 1. The summed E-state index contributed by atoms with van der Waals surface area (Å²) in [6, 6.07) is 1.24. The fourth-order valence-corrected chi connectivity index (χ4v) is 3.77. The average molecular weight is 298 g/mol. The predicted octanol–water partition coefficient (Wildman–Crippen LogP) is 3.21. The molecule has 1 aliphatic rings. The Morgan fingerprint density at radius 1 is 1.05 bits per heavy atom. The zero-order chi connectivity index (χ0) is 15.9. The van der Waals surface area contributed by atoms with Gasteiger partial charge in [-0.05, 0) is 45.8 Å². The highest BCUT2D eigenvalue weighted by atomic mass is 15.2. The Bertz CT molecular complexity index is 270. The second-order valence-electron chi connectivity index (χ2n) is 7.77. The topological polar surface area (TPSA) is 18.5 Å². The Morgan fingerprint density at radius 3 is 2.14 bits per heavy atom. The first-order chi connectivity index (χ1) is 9.88. The molecule has 1 unspecified atom stereocenters. The highest BCUT2D eigenvalue weighted by Crippen LogP contribution is 2.37. The molecule has 1 rings (SSSR count). The summed E-state index contributed by atoms with van der Waals surface area (Å²) < 4.78 is 0. The minimum atomic E-state index is 0.499. The molecule has 1 saturated carbocycles. The largest absolute Gasteiger partial charge is 0.314 e. The van der Waals surface area contributed by atoms with Gasteiger partial charge in [0.05, 0.1) is 0 Å². The first-order valence-electron chi connectivity index (χ1n) is 9.01. The van der Waals surface area contributed by atoms with Crippen molar-refractivity contribution in [1.82, 2.24) is 15.1 Å². The van der Waals surface area contributed by atoms with E-state index in [4.69, 9.17) is 0 Å². The lowest BCUT2D eigenvalue weighted by Gasteiger charge is -2.44. The van der Waals surface area contributed by atoms with Gasteiger partial charge in [-0.1, -0.05) is 40.0 Å². The summed E-state index contributed by atoms with van der Waals surface area (Å²) in [6.07, 6.45) is 7.07. The highest BCUT2D eigenvalue weighted by Gasteiger charge is 2.34. The fourth-order valence-electron chi connectivity index (χ4n) is 3.77. The van der Waals surface area contributed by atoms with E-state index in [1.165, 1.54) is 51.7 Å². The van der Waals surface area contributed by atoms with Crippen molar-refractivity contribution in [1.29, 1.82) is 0 Å². The SMILES string of the molecule is CCN(CC1(CNC(C)C)CCCCC1)C(C)CN(C)C. The van der Waals surface area contributed by atoms with Crippen molar-refractivity contribution in [3.8, 4) is 0 Å². The van der Waals surface area contributed by atoms with Gasteiger partial charge in [0.15, 0.2) is 0 Å². The molecule has 1 N–H and O–H groups in total. The van der Waals surface area contributed by atoms with Gasteiger partial charge in [0.2, 0.25) is 0 Å². The van der Waals surface area contributed by atoms with Crippen LogP contribution in [0.15, 0.2) is 0 Å². The molecule has 1 fully saturated rings. The molecule has 0 aromatic rings. The van der Waals surface area contributed by atoms with E-state index < -0.39 is 0 Å². The lowest BCUT2D eigenvalue weighted by molar-refractivity contribution is 0.0725. The summed E-state index contributed by atoms with van der Waals surface area (Å²) in [7, 11) is 4.36. The van der Waals surface area contributed by atoms with Gasteiger partial charge in [-0.25, -0.2) is 0 Å². The third kappa shape index (κ3) is 6.66. The Labute approximate surface area is 133 Å². The quantitative estimate of drug-likeness (QED) is 0.705. The molecule has 0 aliphatic heterocycles. The molecule has 0 spiro atoms. The number of hydrogen-bond acceptors (Lipinski definition) is 3. The van der Waals surface area contributed by atoms with Gasteiger partial charge in [0.25, 0.3) is 0 Å². The van der Waals surface area contributed by atoms with Gasteiger partial charge in [0.1, 0.15) is 0 Å². The van der Waals surface area contributed by atoms with E-state index in [9.17, 15) is 0 Å². The van der Waals surface area contributed by atoms with E-state index in [0.717, 1.165) is 6.54 Å². The van der Waals surface area contributed by atoms with Crippen LogP contribution in [0.1, 0.15) is 59.8 Å². The Kier molecular flexibility index (Phi) is 8.22. The van der Waals surface area contributed by atoms with Gasteiger partial charge in [-0.15, -0.1) is 0 Å². The second-order valence-corrected chi connectivity index (χ2v) is 7.77. The lowest BCUT2D eigenvalue weighted by Crippen LogP contribution is -2.50. The van der Waals surface area contributed by atoms with E-state index in [2.05, 4.69) is 56.9 Å². The predicted molar refractivity (Wildman–Crippen MR) is 93.9 cm³/mol. The fraction of sp³-hybridized carbons (Fsp3) is 1.00. The van der Waals surface area contributed by atoms with Gasteiger partial charge < -0.3 is 10.2 Å². The molecular weight excluding hydrogens is 258 g/mol. The zero-order valence-corrected chi connectivity index (χ0v) is 15.4. The molecule has 0 bridgehead atoms. The molecule has 3 nitrogen and oxygen atoms in total. The summed E-state index contributed by atoms with van der Waals surface area (Å²) in [5, 5.41) is 3.73. The maximum atomic E-state index is 3.73. The van der Waals surface area contributed by atoms with Crippen molar-refractivity contribution in [2.24, 2.45) is 5.41 Å². The Morgan fingerprint density at radius 2 is 1.67 bits per heavy atom. The van der Waals surface area contributed by atoms with Crippen molar-refractivity contribution in [2.75, 3.05) is 40.3 Å². The summed E-state index contributed by atoms with van der Waals surface area (Å²) >= 11 is 0. The maximum Gasteiger partial charge on any atom is 0.0194 e. The van der Waals surface area contributed by atoms with Gasteiger partial charge in [0, 0.05) is 31.7 Å². The number of rotatable bonds is 9. The monoisotopic (exact) mass is 297 g/mol. The van der Waals surface area contributed by atoms with E-state index in [0.29, 0.717) is 17.5 Å². The number of hydrogen-bond donors (Lipinski definition) is 1. The van der Waals surface area contributed by atoms with Crippen LogP contribution >= 0.6 is 0 Å². The van der Waals surface area contributed by atoms with Crippen molar-refractivity contribution in [2.45, 2.75) is 71.9 Å². The second kappa shape index (κ2) is 9.12. The van der Waals surface area contributed by atoms with Crippen LogP contribution in [-0.2, 0) is 0 Å². The number of likely N-dealkylation sites (N-methyl/N-ethyl adjacent to an activating group) is 2. The first-order valence-corrected chi connectivity index (χ1v) is 9.01. The lowest BCUT2D eigenvalue weighted by atomic mass is 9.73. The van der Waals surface area contributed by atoms with Crippen LogP contribution in [0.3, 0.4) is 0 Å². The summed E-state index contributed by atoms with van der Waals surface area (Å²) in [4.78, 5) is 5.01. The molecule has 1 aliphatic carbocycles. The van der Waals surface area contributed by atoms with Crippen LogP contribution in [0.5, 0.6) is 0 Å². The average Bonchev–Trinajstić information content (AvgIpc) is 2.43. The molecule has 0 radical (unpaired) electrons. The van der Waals surface area contributed by atoms with Crippen LogP contribution in [-0.4, -0.2) is 62.2 Å². The highest BCUT2D eigenvalue weighted by molar-refractivity contribution is 4.89. The molecule has 0 saturated heterocycles. The molecule has 1 atom stereocenters. The summed E-state index contributed by atoms with van der Waals surface area (Å²) in [5.74, 6) is 0. The Balaban J connectivity index is 2.68. The molecule has 0 aromatic carbocycles. The Hall–Kier alpha value is -0.120. The molecule has 0 heterocycles.